The second kappa shape index (κ2) is 8.60. The Bertz CT molecular complexity index is 1080. The van der Waals surface area contributed by atoms with Crippen LogP contribution in [0, 0.1) is 5.82 Å². The van der Waals surface area contributed by atoms with Crippen LogP contribution in [0.5, 0.6) is 0 Å². The number of carbonyl (C=O) groups is 1. The van der Waals surface area contributed by atoms with Crippen molar-refractivity contribution < 1.29 is 27.1 Å². The molecule has 1 aliphatic heterocycles. The summed E-state index contributed by atoms with van der Waals surface area (Å²) in [7, 11) is 0. The highest BCUT2D eigenvalue weighted by molar-refractivity contribution is 5.93. The van der Waals surface area contributed by atoms with Crippen molar-refractivity contribution in [2.45, 2.75) is 6.18 Å². The molecule has 0 unspecified atom stereocenters. The molecule has 1 saturated heterocycles. The van der Waals surface area contributed by atoms with Gasteiger partial charge in [-0.3, -0.25) is 9.69 Å². The Labute approximate surface area is 174 Å². The topological polar surface area (TPSA) is 71.8 Å². The molecule has 2 aromatic heterocycles. The van der Waals surface area contributed by atoms with Crippen LogP contribution in [0.3, 0.4) is 0 Å². The SMILES string of the molecule is O=C(NCCN1CCOCC1)c1cc2nc(-c3ccc(F)cc3)cc(C(F)(F)F)n2n1. The van der Waals surface area contributed by atoms with Gasteiger partial charge >= 0.3 is 6.18 Å². The number of aromatic nitrogens is 3. The Balaban J connectivity index is 1.59. The lowest BCUT2D eigenvalue weighted by atomic mass is 10.1. The summed E-state index contributed by atoms with van der Waals surface area (Å²) >= 11 is 0. The van der Waals surface area contributed by atoms with Crippen LogP contribution in [0.1, 0.15) is 16.2 Å². The van der Waals surface area contributed by atoms with E-state index in [0.717, 1.165) is 31.3 Å². The molecule has 0 saturated carbocycles. The van der Waals surface area contributed by atoms with Crippen molar-refractivity contribution in [1.82, 2.24) is 24.8 Å². The zero-order chi connectivity index (χ0) is 22.0. The molecule has 1 aromatic carbocycles. The molecule has 0 spiro atoms. The van der Waals surface area contributed by atoms with Crippen LogP contribution < -0.4 is 5.32 Å². The van der Waals surface area contributed by atoms with Crippen LogP contribution in [-0.4, -0.2) is 64.8 Å². The maximum Gasteiger partial charge on any atom is 0.433 e. The Morgan fingerprint density at radius 2 is 1.84 bits per heavy atom. The third kappa shape index (κ3) is 4.83. The molecule has 11 heteroatoms. The fourth-order valence-electron chi connectivity index (χ4n) is 3.30. The van der Waals surface area contributed by atoms with Gasteiger partial charge in [0, 0.05) is 37.8 Å². The van der Waals surface area contributed by atoms with Gasteiger partial charge in [0.1, 0.15) is 5.82 Å². The van der Waals surface area contributed by atoms with Gasteiger partial charge in [-0.2, -0.15) is 18.3 Å². The number of rotatable bonds is 5. The fourth-order valence-corrected chi connectivity index (χ4v) is 3.30. The first-order valence-electron chi connectivity index (χ1n) is 9.63. The molecule has 4 rings (SSSR count). The number of nitrogens with one attached hydrogen (secondary N) is 1. The average Bonchev–Trinajstić information content (AvgIpc) is 3.18. The summed E-state index contributed by atoms with van der Waals surface area (Å²) in [6.07, 6.45) is -4.73. The maximum absolute atomic E-state index is 13.6. The first-order valence-corrected chi connectivity index (χ1v) is 9.63. The smallest absolute Gasteiger partial charge is 0.379 e. The number of fused-ring (bicyclic) bond motifs is 1. The van der Waals surface area contributed by atoms with Crippen molar-refractivity contribution in [3.05, 3.63) is 53.6 Å². The van der Waals surface area contributed by atoms with E-state index in [4.69, 9.17) is 4.74 Å². The molecule has 0 radical (unpaired) electrons. The maximum atomic E-state index is 13.6. The summed E-state index contributed by atoms with van der Waals surface area (Å²) in [6, 6.07) is 6.98. The molecule has 1 fully saturated rings. The number of carbonyl (C=O) groups excluding carboxylic acids is 1. The van der Waals surface area contributed by atoms with Crippen molar-refractivity contribution in [2.75, 3.05) is 39.4 Å². The average molecular weight is 437 g/mol. The first-order chi connectivity index (χ1) is 14.8. The number of hydrogen-bond donors (Lipinski definition) is 1. The molecule has 3 aromatic rings. The van der Waals surface area contributed by atoms with Gasteiger partial charge in [-0.15, -0.1) is 0 Å². The molecule has 3 heterocycles. The van der Waals surface area contributed by atoms with E-state index in [-0.39, 0.29) is 17.0 Å². The predicted octanol–water partition coefficient (Wildman–Crippen LogP) is 2.62. The lowest BCUT2D eigenvalue weighted by Crippen LogP contribution is -2.41. The second-order valence-electron chi connectivity index (χ2n) is 7.04. The first kappa shape index (κ1) is 21.2. The molecule has 0 bridgehead atoms. The summed E-state index contributed by atoms with van der Waals surface area (Å²) in [5.74, 6) is -1.10. The Morgan fingerprint density at radius 3 is 2.52 bits per heavy atom. The summed E-state index contributed by atoms with van der Waals surface area (Å²) in [6.45, 7) is 3.70. The van der Waals surface area contributed by atoms with E-state index in [1.54, 1.807) is 0 Å². The Hall–Kier alpha value is -3.05. The number of alkyl halides is 3. The third-order valence-electron chi connectivity index (χ3n) is 4.91. The third-order valence-corrected chi connectivity index (χ3v) is 4.91. The summed E-state index contributed by atoms with van der Waals surface area (Å²) < 4.78 is 59.9. The van der Waals surface area contributed by atoms with Gasteiger partial charge in [0.2, 0.25) is 0 Å². The fraction of sp³-hybridized carbons (Fsp3) is 0.350. The van der Waals surface area contributed by atoms with Gasteiger partial charge < -0.3 is 10.1 Å². The molecule has 0 aliphatic carbocycles. The van der Waals surface area contributed by atoms with Crippen molar-refractivity contribution in [3.63, 3.8) is 0 Å². The van der Waals surface area contributed by atoms with E-state index in [1.807, 2.05) is 0 Å². The van der Waals surface area contributed by atoms with Gasteiger partial charge in [0.05, 0.1) is 18.9 Å². The van der Waals surface area contributed by atoms with E-state index in [1.165, 1.54) is 18.2 Å². The minimum absolute atomic E-state index is 0.000925. The molecule has 1 aliphatic rings. The summed E-state index contributed by atoms with van der Waals surface area (Å²) in [4.78, 5) is 18.7. The highest BCUT2D eigenvalue weighted by atomic mass is 19.4. The standard InChI is InChI=1S/C20H19F4N5O2/c21-14-3-1-13(2-4-14)15-11-17(20(22,23)24)29-18(26-15)12-16(27-29)19(30)25-5-6-28-7-9-31-10-8-28/h1-4,11-12H,5-10H2,(H,25,30). The second-order valence-corrected chi connectivity index (χ2v) is 7.04. The van der Waals surface area contributed by atoms with Gasteiger partial charge in [-0.05, 0) is 30.3 Å². The lowest BCUT2D eigenvalue weighted by Gasteiger charge is -2.26. The van der Waals surface area contributed by atoms with Crippen LogP contribution in [0.25, 0.3) is 16.9 Å². The highest BCUT2D eigenvalue weighted by Gasteiger charge is 2.35. The highest BCUT2D eigenvalue weighted by Crippen LogP contribution is 2.32. The number of morpholine rings is 1. The minimum atomic E-state index is -4.73. The number of ether oxygens (including phenoxy) is 1. The zero-order valence-electron chi connectivity index (χ0n) is 16.3. The number of benzene rings is 1. The van der Waals surface area contributed by atoms with Gasteiger partial charge in [-0.1, -0.05) is 0 Å². The largest absolute Gasteiger partial charge is 0.433 e. The van der Waals surface area contributed by atoms with Crippen LogP contribution >= 0.6 is 0 Å². The molecule has 1 N–H and O–H groups in total. The van der Waals surface area contributed by atoms with Crippen molar-refractivity contribution >= 4 is 11.6 Å². The van der Waals surface area contributed by atoms with E-state index in [9.17, 15) is 22.4 Å². The van der Waals surface area contributed by atoms with E-state index in [2.05, 4.69) is 20.3 Å². The molecule has 31 heavy (non-hydrogen) atoms. The number of nitrogens with zero attached hydrogens (tertiary/aromatic N) is 4. The summed E-state index contributed by atoms with van der Waals surface area (Å²) in [5, 5.41) is 6.49. The Kier molecular flexibility index (Phi) is 5.88. The monoisotopic (exact) mass is 437 g/mol. The van der Waals surface area contributed by atoms with Gasteiger partial charge in [0.25, 0.3) is 5.91 Å². The lowest BCUT2D eigenvalue weighted by molar-refractivity contribution is -0.142. The number of hydrogen-bond acceptors (Lipinski definition) is 5. The normalized spacial score (nSPS) is 15.4. The molecule has 1 amide bonds. The molecular weight excluding hydrogens is 418 g/mol. The van der Waals surface area contributed by atoms with E-state index >= 15 is 0 Å². The quantitative estimate of drug-likeness (QED) is 0.622. The summed E-state index contributed by atoms with van der Waals surface area (Å²) in [5.41, 5.74) is -1.07. The van der Waals surface area contributed by atoms with E-state index in [0.29, 0.717) is 36.4 Å². The van der Waals surface area contributed by atoms with Gasteiger partial charge in [0.15, 0.2) is 17.0 Å². The van der Waals surface area contributed by atoms with Gasteiger partial charge in [-0.25, -0.2) is 13.9 Å². The minimum Gasteiger partial charge on any atom is -0.379 e. The molecule has 0 atom stereocenters. The van der Waals surface area contributed by atoms with Crippen LogP contribution in [-0.2, 0) is 10.9 Å². The van der Waals surface area contributed by atoms with Crippen molar-refractivity contribution in [3.8, 4) is 11.3 Å². The van der Waals surface area contributed by atoms with E-state index < -0.39 is 23.6 Å². The zero-order valence-corrected chi connectivity index (χ0v) is 16.3. The molecular formula is C20H19F4N5O2. The number of amides is 1. The van der Waals surface area contributed by atoms with Crippen LogP contribution in [0.15, 0.2) is 36.4 Å². The van der Waals surface area contributed by atoms with Crippen molar-refractivity contribution in [2.24, 2.45) is 0 Å². The predicted molar refractivity (Wildman–Crippen MR) is 103 cm³/mol. The van der Waals surface area contributed by atoms with Crippen molar-refractivity contribution in [1.29, 1.82) is 0 Å². The Morgan fingerprint density at radius 1 is 1.13 bits per heavy atom. The van der Waals surface area contributed by atoms with Crippen LogP contribution in [0.2, 0.25) is 0 Å². The number of halogens is 4. The van der Waals surface area contributed by atoms with Crippen LogP contribution in [0.4, 0.5) is 17.6 Å². The molecule has 7 nitrogen and oxygen atoms in total. The molecule has 164 valence electrons.